The summed E-state index contributed by atoms with van der Waals surface area (Å²) in [5.41, 5.74) is 6.86. The molecule has 3 N–H and O–H groups in total. The van der Waals surface area contributed by atoms with Crippen molar-refractivity contribution >= 4 is 11.6 Å². The van der Waals surface area contributed by atoms with E-state index in [2.05, 4.69) is 10.4 Å². The van der Waals surface area contributed by atoms with Gasteiger partial charge in [-0.25, -0.2) is 8.78 Å². The van der Waals surface area contributed by atoms with Crippen molar-refractivity contribution in [2.45, 2.75) is 20.4 Å². The maximum absolute atomic E-state index is 13.8. The van der Waals surface area contributed by atoms with Gasteiger partial charge in [-0.3, -0.25) is 9.48 Å². The summed E-state index contributed by atoms with van der Waals surface area (Å²) in [7, 11) is 1.78. The Morgan fingerprint density at radius 3 is 2.62 bits per heavy atom. The SMILES string of the molecule is Cc1nn(C)c(C)c1CNC(=O)c1c(F)ccc(N)c1F. The van der Waals surface area contributed by atoms with Crippen LogP contribution in [-0.2, 0) is 13.6 Å². The van der Waals surface area contributed by atoms with Gasteiger partial charge in [0.2, 0.25) is 0 Å². The van der Waals surface area contributed by atoms with Gasteiger partial charge < -0.3 is 11.1 Å². The number of hydrogen-bond acceptors (Lipinski definition) is 3. The minimum absolute atomic E-state index is 0.137. The quantitative estimate of drug-likeness (QED) is 0.848. The lowest BCUT2D eigenvalue weighted by atomic mass is 10.1. The first-order valence-electron chi connectivity index (χ1n) is 6.33. The van der Waals surface area contributed by atoms with E-state index in [1.165, 1.54) is 0 Å². The average Bonchev–Trinajstić information content (AvgIpc) is 2.66. The maximum Gasteiger partial charge on any atom is 0.257 e. The van der Waals surface area contributed by atoms with Crippen molar-refractivity contribution in [3.05, 3.63) is 46.3 Å². The van der Waals surface area contributed by atoms with Gasteiger partial charge in [0.1, 0.15) is 11.4 Å². The number of carbonyl (C=O) groups is 1. The second-order valence-electron chi connectivity index (χ2n) is 4.78. The van der Waals surface area contributed by atoms with Crippen LogP contribution in [0.25, 0.3) is 0 Å². The highest BCUT2D eigenvalue weighted by Crippen LogP contribution is 2.19. The molecule has 21 heavy (non-hydrogen) atoms. The molecule has 2 rings (SSSR count). The Kier molecular flexibility index (Phi) is 3.93. The molecule has 0 aliphatic rings. The zero-order chi connectivity index (χ0) is 15.7. The molecule has 0 bridgehead atoms. The Labute approximate surface area is 120 Å². The van der Waals surface area contributed by atoms with Crippen LogP contribution < -0.4 is 11.1 Å². The summed E-state index contributed by atoms with van der Waals surface area (Å²) in [6.45, 7) is 3.79. The Morgan fingerprint density at radius 2 is 2.05 bits per heavy atom. The Bertz CT molecular complexity index is 709. The number of aryl methyl sites for hydroxylation is 2. The first kappa shape index (κ1) is 15.0. The second-order valence-corrected chi connectivity index (χ2v) is 4.78. The molecule has 7 heteroatoms. The Morgan fingerprint density at radius 1 is 1.38 bits per heavy atom. The van der Waals surface area contributed by atoms with E-state index in [0.29, 0.717) is 0 Å². The van der Waals surface area contributed by atoms with E-state index in [-0.39, 0.29) is 12.2 Å². The van der Waals surface area contributed by atoms with Gasteiger partial charge in [0.25, 0.3) is 5.91 Å². The molecule has 0 saturated carbocycles. The van der Waals surface area contributed by atoms with Crippen LogP contribution >= 0.6 is 0 Å². The summed E-state index contributed by atoms with van der Waals surface area (Å²) in [5, 5.41) is 6.70. The van der Waals surface area contributed by atoms with Crippen LogP contribution in [0.15, 0.2) is 12.1 Å². The molecule has 0 aliphatic carbocycles. The maximum atomic E-state index is 13.8. The van der Waals surface area contributed by atoms with Crippen molar-refractivity contribution < 1.29 is 13.6 Å². The van der Waals surface area contributed by atoms with Gasteiger partial charge in [0, 0.05) is 24.8 Å². The van der Waals surface area contributed by atoms with Gasteiger partial charge in [-0.15, -0.1) is 0 Å². The number of anilines is 1. The van der Waals surface area contributed by atoms with E-state index < -0.39 is 23.1 Å². The van der Waals surface area contributed by atoms with E-state index in [0.717, 1.165) is 29.1 Å². The summed E-state index contributed by atoms with van der Waals surface area (Å²) in [5.74, 6) is -2.84. The third-order valence-corrected chi connectivity index (χ3v) is 3.43. The zero-order valence-electron chi connectivity index (χ0n) is 12.0. The third kappa shape index (κ3) is 2.72. The number of halogens is 2. The number of rotatable bonds is 3. The number of nitrogens with one attached hydrogen (secondary N) is 1. The molecule has 0 unspecified atom stereocenters. The van der Waals surface area contributed by atoms with E-state index >= 15 is 0 Å². The van der Waals surface area contributed by atoms with E-state index in [4.69, 9.17) is 5.73 Å². The largest absolute Gasteiger partial charge is 0.396 e. The van der Waals surface area contributed by atoms with Crippen LogP contribution in [-0.4, -0.2) is 15.7 Å². The molecule has 1 heterocycles. The first-order valence-corrected chi connectivity index (χ1v) is 6.33. The van der Waals surface area contributed by atoms with Crippen LogP contribution in [0.4, 0.5) is 14.5 Å². The second kappa shape index (κ2) is 5.51. The van der Waals surface area contributed by atoms with Crippen molar-refractivity contribution in [2.24, 2.45) is 7.05 Å². The summed E-state index contributed by atoms with van der Waals surface area (Å²) < 4.78 is 29.0. The number of benzene rings is 1. The summed E-state index contributed by atoms with van der Waals surface area (Å²) in [4.78, 5) is 12.0. The van der Waals surface area contributed by atoms with Gasteiger partial charge >= 0.3 is 0 Å². The van der Waals surface area contributed by atoms with Crippen molar-refractivity contribution in [3.63, 3.8) is 0 Å². The highest BCUT2D eigenvalue weighted by Gasteiger charge is 2.20. The molecule has 0 saturated heterocycles. The van der Waals surface area contributed by atoms with Gasteiger partial charge in [0.05, 0.1) is 11.4 Å². The molecule has 5 nitrogen and oxygen atoms in total. The van der Waals surface area contributed by atoms with Crippen LogP contribution in [0.1, 0.15) is 27.3 Å². The van der Waals surface area contributed by atoms with Crippen molar-refractivity contribution in [3.8, 4) is 0 Å². The molecule has 1 aromatic carbocycles. The van der Waals surface area contributed by atoms with E-state index in [9.17, 15) is 13.6 Å². The number of nitrogens with zero attached hydrogens (tertiary/aromatic N) is 2. The van der Waals surface area contributed by atoms with Gasteiger partial charge in [-0.05, 0) is 26.0 Å². The molecule has 112 valence electrons. The van der Waals surface area contributed by atoms with Gasteiger partial charge in [0.15, 0.2) is 5.82 Å². The fraction of sp³-hybridized carbons (Fsp3) is 0.286. The lowest BCUT2D eigenvalue weighted by Crippen LogP contribution is -2.26. The number of hydrogen-bond donors (Lipinski definition) is 2. The highest BCUT2D eigenvalue weighted by molar-refractivity contribution is 5.95. The van der Waals surface area contributed by atoms with E-state index in [1.54, 1.807) is 18.7 Å². The molecule has 1 amide bonds. The first-order chi connectivity index (χ1) is 9.82. The molecule has 0 fully saturated rings. The normalized spacial score (nSPS) is 10.7. The van der Waals surface area contributed by atoms with Crippen molar-refractivity contribution in [1.82, 2.24) is 15.1 Å². The van der Waals surface area contributed by atoms with Crippen LogP contribution in [0, 0.1) is 25.5 Å². The van der Waals surface area contributed by atoms with Gasteiger partial charge in [-0.1, -0.05) is 0 Å². The molecule has 0 radical (unpaired) electrons. The Hall–Kier alpha value is -2.44. The molecular weight excluding hydrogens is 278 g/mol. The molecule has 0 atom stereocenters. The lowest BCUT2D eigenvalue weighted by molar-refractivity contribution is 0.0942. The van der Waals surface area contributed by atoms with E-state index in [1.807, 2.05) is 6.92 Å². The molecule has 1 aromatic heterocycles. The standard InChI is InChI=1S/C14H16F2N4O/c1-7-9(8(2)20(3)19-7)6-18-14(21)12-10(15)4-5-11(17)13(12)16/h4-5H,6,17H2,1-3H3,(H,18,21). The lowest BCUT2D eigenvalue weighted by Gasteiger charge is -2.09. The summed E-state index contributed by atoms with van der Waals surface area (Å²) in [6.07, 6.45) is 0. The fourth-order valence-electron chi connectivity index (χ4n) is 2.11. The van der Waals surface area contributed by atoms with Crippen LogP contribution in [0.3, 0.4) is 0 Å². The van der Waals surface area contributed by atoms with Crippen LogP contribution in [0.5, 0.6) is 0 Å². The predicted octanol–water partition coefficient (Wildman–Crippen LogP) is 1.83. The average molecular weight is 294 g/mol. The van der Waals surface area contributed by atoms with Gasteiger partial charge in [-0.2, -0.15) is 5.10 Å². The van der Waals surface area contributed by atoms with Crippen molar-refractivity contribution in [2.75, 3.05) is 5.73 Å². The Balaban J connectivity index is 2.22. The third-order valence-electron chi connectivity index (χ3n) is 3.43. The minimum atomic E-state index is -1.05. The fourth-order valence-corrected chi connectivity index (χ4v) is 2.11. The number of aromatic nitrogens is 2. The zero-order valence-corrected chi connectivity index (χ0v) is 12.0. The molecule has 0 aliphatic heterocycles. The molecule has 0 spiro atoms. The molecular formula is C14H16F2N4O. The summed E-state index contributed by atoms with van der Waals surface area (Å²) >= 11 is 0. The van der Waals surface area contributed by atoms with Crippen LogP contribution in [0.2, 0.25) is 0 Å². The monoisotopic (exact) mass is 294 g/mol. The molecule has 2 aromatic rings. The smallest absolute Gasteiger partial charge is 0.257 e. The minimum Gasteiger partial charge on any atom is -0.396 e. The summed E-state index contributed by atoms with van der Waals surface area (Å²) in [6, 6.07) is 2.05. The highest BCUT2D eigenvalue weighted by atomic mass is 19.1. The number of nitrogens with two attached hydrogens (primary N) is 1. The number of carbonyl (C=O) groups excluding carboxylic acids is 1. The number of nitrogen functional groups attached to an aromatic ring is 1. The van der Waals surface area contributed by atoms with Crippen molar-refractivity contribution in [1.29, 1.82) is 0 Å². The number of amides is 1. The predicted molar refractivity (Wildman–Crippen MR) is 74.6 cm³/mol. The topological polar surface area (TPSA) is 72.9 Å².